The Balaban J connectivity index is 2.36. The van der Waals surface area contributed by atoms with E-state index in [9.17, 15) is 4.79 Å². The molecule has 1 fully saturated rings. The Labute approximate surface area is 96.8 Å². The van der Waals surface area contributed by atoms with Gasteiger partial charge in [-0.3, -0.25) is 9.69 Å². The Kier molecular flexibility index (Phi) is 5.73. The first kappa shape index (κ1) is 13.4. The predicted molar refractivity (Wildman–Crippen MR) is 61.2 cm³/mol. The van der Waals surface area contributed by atoms with E-state index in [1.54, 1.807) is 7.11 Å². The minimum atomic E-state index is -0.206. The van der Waals surface area contributed by atoms with Gasteiger partial charge in [0.25, 0.3) is 0 Å². The number of amides is 1. The topological polar surface area (TPSA) is 61.8 Å². The van der Waals surface area contributed by atoms with Gasteiger partial charge in [-0.2, -0.15) is 0 Å². The van der Waals surface area contributed by atoms with Gasteiger partial charge in [-0.05, 0) is 19.8 Å². The van der Waals surface area contributed by atoms with E-state index in [0.29, 0.717) is 25.7 Å². The number of nitrogens with one attached hydrogen (secondary N) is 1. The molecule has 0 aliphatic heterocycles. The smallest absolute Gasteiger partial charge is 0.237 e. The Morgan fingerprint density at radius 2 is 2.25 bits per heavy atom. The molecule has 0 saturated heterocycles. The average Bonchev–Trinajstić information content (AvgIpc) is 3.07. The van der Waals surface area contributed by atoms with E-state index in [4.69, 9.17) is 9.84 Å². The van der Waals surface area contributed by atoms with Crippen LogP contribution < -0.4 is 5.32 Å². The van der Waals surface area contributed by atoms with Crippen LogP contribution in [0.1, 0.15) is 19.8 Å². The monoisotopic (exact) mass is 230 g/mol. The van der Waals surface area contributed by atoms with Gasteiger partial charge in [0, 0.05) is 26.2 Å². The lowest BCUT2D eigenvalue weighted by Gasteiger charge is -2.27. The highest BCUT2D eigenvalue weighted by Crippen LogP contribution is 2.19. The van der Waals surface area contributed by atoms with E-state index < -0.39 is 0 Å². The minimum Gasteiger partial charge on any atom is -0.395 e. The van der Waals surface area contributed by atoms with Gasteiger partial charge >= 0.3 is 0 Å². The molecule has 0 aromatic heterocycles. The summed E-state index contributed by atoms with van der Waals surface area (Å²) in [5.74, 6) is 0.0482. The van der Waals surface area contributed by atoms with Crippen molar-refractivity contribution < 1.29 is 14.6 Å². The lowest BCUT2D eigenvalue weighted by Crippen LogP contribution is -2.47. The van der Waals surface area contributed by atoms with Crippen LogP contribution in [-0.2, 0) is 9.53 Å². The van der Waals surface area contributed by atoms with E-state index in [0.717, 1.165) is 12.8 Å². The van der Waals surface area contributed by atoms with Crippen LogP contribution in [0.3, 0.4) is 0 Å². The molecule has 1 rings (SSSR count). The highest BCUT2D eigenvalue weighted by Gasteiger charge is 2.27. The van der Waals surface area contributed by atoms with Gasteiger partial charge in [-0.25, -0.2) is 0 Å². The van der Waals surface area contributed by atoms with Crippen molar-refractivity contribution in [3.8, 4) is 0 Å². The van der Waals surface area contributed by atoms with Crippen LogP contribution in [0.2, 0.25) is 0 Å². The number of nitrogens with zero attached hydrogens (tertiary/aromatic N) is 1. The normalized spacial score (nSPS) is 17.5. The van der Waals surface area contributed by atoms with Crippen molar-refractivity contribution in [2.24, 2.45) is 0 Å². The van der Waals surface area contributed by atoms with Crippen LogP contribution in [0.4, 0.5) is 0 Å². The molecule has 94 valence electrons. The molecule has 1 atom stereocenters. The van der Waals surface area contributed by atoms with Gasteiger partial charge < -0.3 is 15.2 Å². The van der Waals surface area contributed by atoms with Crippen molar-refractivity contribution in [2.75, 3.05) is 33.4 Å². The summed E-state index contributed by atoms with van der Waals surface area (Å²) < 4.78 is 4.99. The van der Waals surface area contributed by atoms with Gasteiger partial charge in [0.1, 0.15) is 0 Å². The molecular weight excluding hydrogens is 208 g/mol. The fraction of sp³-hybridized carbons (Fsp3) is 0.909. The largest absolute Gasteiger partial charge is 0.395 e. The third-order valence-corrected chi connectivity index (χ3v) is 2.82. The summed E-state index contributed by atoms with van der Waals surface area (Å²) >= 11 is 0. The second-order valence-electron chi connectivity index (χ2n) is 4.21. The SMILES string of the molecule is COCCN(CCO)C(C)C(=O)NC1CC1. The summed E-state index contributed by atoms with van der Waals surface area (Å²) in [4.78, 5) is 13.7. The number of carbonyl (C=O) groups is 1. The fourth-order valence-corrected chi connectivity index (χ4v) is 1.55. The molecule has 0 bridgehead atoms. The van der Waals surface area contributed by atoms with Gasteiger partial charge in [0.05, 0.1) is 19.3 Å². The molecule has 0 heterocycles. The number of hydrogen-bond acceptors (Lipinski definition) is 4. The number of methoxy groups -OCH3 is 1. The molecule has 0 radical (unpaired) electrons. The van der Waals surface area contributed by atoms with Crippen molar-refractivity contribution in [3.63, 3.8) is 0 Å². The molecule has 5 heteroatoms. The van der Waals surface area contributed by atoms with Gasteiger partial charge in [0.2, 0.25) is 5.91 Å². The Morgan fingerprint density at radius 3 is 2.75 bits per heavy atom. The lowest BCUT2D eigenvalue weighted by molar-refractivity contribution is -0.126. The Morgan fingerprint density at radius 1 is 1.56 bits per heavy atom. The number of aliphatic hydroxyl groups is 1. The highest BCUT2D eigenvalue weighted by atomic mass is 16.5. The molecule has 2 N–H and O–H groups in total. The summed E-state index contributed by atoms with van der Waals surface area (Å²) in [5.41, 5.74) is 0. The van der Waals surface area contributed by atoms with Gasteiger partial charge in [-0.1, -0.05) is 0 Å². The molecule has 16 heavy (non-hydrogen) atoms. The maximum Gasteiger partial charge on any atom is 0.237 e. The highest BCUT2D eigenvalue weighted by molar-refractivity contribution is 5.81. The van der Waals surface area contributed by atoms with Crippen LogP contribution in [-0.4, -0.2) is 61.4 Å². The molecule has 0 aromatic carbocycles. The zero-order chi connectivity index (χ0) is 12.0. The summed E-state index contributed by atoms with van der Waals surface area (Å²) in [5, 5.41) is 11.9. The maximum atomic E-state index is 11.8. The number of hydrogen-bond donors (Lipinski definition) is 2. The summed E-state index contributed by atoms with van der Waals surface area (Å²) in [6.07, 6.45) is 2.19. The summed E-state index contributed by atoms with van der Waals surface area (Å²) in [6.45, 7) is 3.66. The third kappa shape index (κ3) is 4.47. The first-order valence-electron chi connectivity index (χ1n) is 5.83. The van der Waals surface area contributed by atoms with Gasteiger partial charge in [0.15, 0.2) is 0 Å². The molecule has 5 nitrogen and oxygen atoms in total. The van der Waals surface area contributed by atoms with Crippen LogP contribution >= 0.6 is 0 Å². The molecule has 0 spiro atoms. The van der Waals surface area contributed by atoms with Crippen LogP contribution in [0.5, 0.6) is 0 Å². The zero-order valence-corrected chi connectivity index (χ0v) is 10.1. The molecule has 1 amide bonds. The average molecular weight is 230 g/mol. The van der Waals surface area contributed by atoms with Crippen LogP contribution in [0.25, 0.3) is 0 Å². The van der Waals surface area contributed by atoms with E-state index in [-0.39, 0.29) is 18.6 Å². The summed E-state index contributed by atoms with van der Waals surface area (Å²) in [7, 11) is 1.63. The first-order chi connectivity index (χ1) is 7.69. The molecule has 1 unspecified atom stereocenters. The first-order valence-corrected chi connectivity index (χ1v) is 5.83. The molecule has 1 aliphatic carbocycles. The van der Waals surface area contributed by atoms with Crippen LogP contribution in [0.15, 0.2) is 0 Å². The van der Waals surface area contributed by atoms with Gasteiger partial charge in [-0.15, -0.1) is 0 Å². The van der Waals surface area contributed by atoms with E-state index in [2.05, 4.69) is 5.32 Å². The number of ether oxygens (including phenoxy) is 1. The zero-order valence-electron chi connectivity index (χ0n) is 10.1. The van der Waals surface area contributed by atoms with E-state index in [1.807, 2.05) is 11.8 Å². The molecule has 1 saturated carbocycles. The number of aliphatic hydroxyl groups excluding tert-OH is 1. The van der Waals surface area contributed by atoms with Crippen molar-refractivity contribution in [2.45, 2.75) is 31.8 Å². The lowest BCUT2D eigenvalue weighted by atomic mass is 10.2. The Bertz CT molecular complexity index is 219. The fourth-order valence-electron chi connectivity index (χ4n) is 1.55. The standard InChI is InChI=1S/C11H22N2O3/c1-9(11(15)12-10-3-4-10)13(5-7-14)6-8-16-2/h9-10,14H,3-8H2,1-2H3,(H,12,15). The van der Waals surface area contributed by atoms with E-state index in [1.165, 1.54) is 0 Å². The molecular formula is C11H22N2O3. The Hall–Kier alpha value is -0.650. The van der Waals surface area contributed by atoms with Crippen molar-refractivity contribution >= 4 is 5.91 Å². The molecule has 0 aromatic rings. The number of rotatable bonds is 8. The summed E-state index contributed by atoms with van der Waals surface area (Å²) in [6, 6.07) is 0.177. The quantitative estimate of drug-likeness (QED) is 0.595. The van der Waals surface area contributed by atoms with Crippen molar-refractivity contribution in [1.82, 2.24) is 10.2 Å². The minimum absolute atomic E-state index is 0.0482. The molecule has 1 aliphatic rings. The van der Waals surface area contributed by atoms with Crippen molar-refractivity contribution in [3.05, 3.63) is 0 Å². The second kappa shape index (κ2) is 6.83. The van der Waals surface area contributed by atoms with E-state index >= 15 is 0 Å². The maximum absolute atomic E-state index is 11.8. The van der Waals surface area contributed by atoms with Crippen molar-refractivity contribution in [1.29, 1.82) is 0 Å². The predicted octanol–water partition coefficient (Wildman–Crippen LogP) is -0.406. The second-order valence-corrected chi connectivity index (χ2v) is 4.21. The third-order valence-electron chi connectivity index (χ3n) is 2.82. The number of carbonyl (C=O) groups excluding carboxylic acids is 1. The van der Waals surface area contributed by atoms with Crippen LogP contribution in [0, 0.1) is 0 Å².